The van der Waals surface area contributed by atoms with Crippen LogP contribution < -0.4 is 0 Å². The van der Waals surface area contributed by atoms with Gasteiger partial charge in [0.05, 0.1) is 0 Å². The zero-order chi connectivity index (χ0) is 17.9. The molecule has 4 rings (SSSR count). The van der Waals surface area contributed by atoms with E-state index in [1.165, 1.54) is 17.0 Å². The average Bonchev–Trinajstić information content (AvgIpc) is 3.28. The van der Waals surface area contributed by atoms with Gasteiger partial charge in [0.1, 0.15) is 11.5 Å². The number of aromatic nitrogens is 1. The first kappa shape index (κ1) is 17.4. The molecule has 26 heavy (non-hydrogen) atoms. The van der Waals surface area contributed by atoms with Gasteiger partial charge in [-0.15, -0.1) is 11.3 Å². The van der Waals surface area contributed by atoms with Gasteiger partial charge in [-0.1, -0.05) is 11.2 Å². The maximum atomic E-state index is 13.1. The Bertz CT molecular complexity index is 837. The van der Waals surface area contributed by atoms with Gasteiger partial charge in [0.2, 0.25) is 0 Å². The third-order valence-corrected chi connectivity index (χ3v) is 5.79. The summed E-state index contributed by atoms with van der Waals surface area (Å²) in [7, 11) is 0. The van der Waals surface area contributed by atoms with Crippen LogP contribution in [0.1, 0.15) is 16.1 Å². The highest BCUT2D eigenvalue weighted by Gasteiger charge is 2.21. The van der Waals surface area contributed by atoms with E-state index in [2.05, 4.69) is 32.5 Å². The Kier molecular flexibility index (Phi) is 5.15. The summed E-state index contributed by atoms with van der Waals surface area (Å²) in [5, 5.41) is 6.40. The number of hydrogen-bond donors (Lipinski definition) is 0. The number of piperazine rings is 1. The van der Waals surface area contributed by atoms with Crippen molar-refractivity contribution in [3.63, 3.8) is 0 Å². The van der Waals surface area contributed by atoms with Gasteiger partial charge in [-0.05, 0) is 42.6 Å². The van der Waals surface area contributed by atoms with Crippen molar-refractivity contribution >= 4 is 11.3 Å². The molecule has 0 atom stereocenters. The summed E-state index contributed by atoms with van der Waals surface area (Å²) in [5.41, 5.74) is 2.87. The predicted molar refractivity (Wildman–Crippen MR) is 102 cm³/mol. The van der Waals surface area contributed by atoms with Crippen LogP contribution in [0.3, 0.4) is 0 Å². The molecule has 3 heterocycles. The smallest absolute Gasteiger partial charge is 0.170 e. The van der Waals surface area contributed by atoms with Gasteiger partial charge in [0.15, 0.2) is 5.76 Å². The Morgan fingerprint density at radius 2 is 1.73 bits per heavy atom. The fraction of sp³-hybridized carbons (Fsp3) is 0.350. The minimum atomic E-state index is -0.244. The van der Waals surface area contributed by atoms with Crippen LogP contribution in [-0.4, -0.2) is 41.1 Å². The van der Waals surface area contributed by atoms with Crippen LogP contribution in [-0.2, 0) is 13.1 Å². The molecule has 2 aromatic heterocycles. The van der Waals surface area contributed by atoms with E-state index in [1.54, 1.807) is 12.1 Å². The highest BCUT2D eigenvalue weighted by atomic mass is 32.1. The Morgan fingerprint density at radius 3 is 2.38 bits per heavy atom. The van der Waals surface area contributed by atoms with Gasteiger partial charge >= 0.3 is 0 Å². The van der Waals surface area contributed by atoms with Crippen molar-refractivity contribution in [3.8, 4) is 11.3 Å². The van der Waals surface area contributed by atoms with Gasteiger partial charge in [-0.2, -0.15) is 0 Å². The molecular formula is C20H22FN3OS. The number of halogens is 1. The highest BCUT2D eigenvalue weighted by Crippen LogP contribution is 2.27. The molecule has 1 aliphatic rings. The van der Waals surface area contributed by atoms with Crippen molar-refractivity contribution in [1.82, 2.24) is 15.0 Å². The lowest BCUT2D eigenvalue weighted by atomic mass is 10.1. The average molecular weight is 371 g/mol. The molecule has 3 aromatic rings. The second-order valence-corrected chi connectivity index (χ2v) is 7.75. The molecule has 0 saturated carbocycles. The second kappa shape index (κ2) is 7.70. The number of benzene rings is 1. The van der Waals surface area contributed by atoms with Gasteiger partial charge in [0.25, 0.3) is 0 Å². The van der Waals surface area contributed by atoms with E-state index in [0.717, 1.165) is 61.8 Å². The third-order valence-electron chi connectivity index (χ3n) is 4.92. The first-order valence-corrected chi connectivity index (χ1v) is 9.75. The molecule has 1 fully saturated rings. The quantitative estimate of drug-likeness (QED) is 0.674. The Labute approximate surface area is 156 Å². The van der Waals surface area contributed by atoms with Crippen LogP contribution in [0.4, 0.5) is 4.39 Å². The summed E-state index contributed by atoms with van der Waals surface area (Å²) in [6.07, 6.45) is 0. The van der Waals surface area contributed by atoms with Crippen molar-refractivity contribution in [2.45, 2.75) is 20.0 Å². The molecule has 0 bridgehead atoms. The number of rotatable bonds is 5. The van der Waals surface area contributed by atoms with E-state index in [9.17, 15) is 4.39 Å². The van der Waals surface area contributed by atoms with E-state index < -0.39 is 0 Å². The Hall–Kier alpha value is -2.02. The van der Waals surface area contributed by atoms with E-state index in [0.29, 0.717) is 0 Å². The molecular weight excluding hydrogens is 349 g/mol. The molecule has 0 aliphatic carbocycles. The first-order chi connectivity index (χ1) is 12.7. The zero-order valence-electron chi connectivity index (χ0n) is 14.8. The molecule has 0 radical (unpaired) electrons. The lowest BCUT2D eigenvalue weighted by molar-refractivity contribution is 0.120. The molecule has 1 aliphatic heterocycles. The van der Waals surface area contributed by atoms with Gasteiger partial charge in [-0.25, -0.2) is 4.39 Å². The topological polar surface area (TPSA) is 32.5 Å². The molecule has 1 saturated heterocycles. The fourth-order valence-electron chi connectivity index (χ4n) is 3.33. The summed E-state index contributed by atoms with van der Waals surface area (Å²) in [5.74, 6) is 0.489. The van der Waals surface area contributed by atoms with Gasteiger partial charge in [0, 0.05) is 55.3 Å². The van der Waals surface area contributed by atoms with Crippen molar-refractivity contribution < 1.29 is 8.91 Å². The molecule has 0 amide bonds. The molecule has 4 nitrogen and oxygen atoms in total. The molecule has 0 N–H and O–H groups in total. The first-order valence-electron chi connectivity index (χ1n) is 8.87. The summed E-state index contributed by atoms with van der Waals surface area (Å²) >= 11 is 1.82. The lowest BCUT2D eigenvalue weighted by Crippen LogP contribution is -2.45. The van der Waals surface area contributed by atoms with Crippen LogP contribution in [0, 0.1) is 12.7 Å². The van der Waals surface area contributed by atoms with Crippen LogP contribution in [0.25, 0.3) is 11.3 Å². The minimum absolute atomic E-state index is 0.244. The summed E-state index contributed by atoms with van der Waals surface area (Å²) in [6.45, 7) is 8.07. The fourth-order valence-corrected chi connectivity index (χ4v) is 4.07. The lowest BCUT2D eigenvalue weighted by Gasteiger charge is -2.34. The van der Waals surface area contributed by atoms with E-state index in [-0.39, 0.29) is 5.82 Å². The van der Waals surface area contributed by atoms with Crippen molar-refractivity contribution in [2.75, 3.05) is 26.2 Å². The monoisotopic (exact) mass is 371 g/mol. The molecule has 136 valence electrons. The standard InChI is InChI=1S/C20H22FN3OS/c1-15-19(22-25-20(15)16-4-6-17(21)7-5-16)14-24-10-8-23(9-11-24)13-18-3-2-12-26-18/h2-7,12H,8-11,13-14H2,1H3. The van der Waals surface area contributed by atoms with E-state index in [4.69, 9.17) is 4.52 Å². The molecule has 0 unspecified atom stereocenters. The summed E-state index contributed by atoms with van der Waals surface area (Å²) in [6, 6.07) is 10.7. The number of hydrogen-bond acceptors (Lipinski definition) is 5. The largest absolute Gasteiger partial charge is 0.356 e. The van der Waals surface area contributed by atoms with Gasteiger partial charge in [-0.3, -0.25) is 9.80 Å². The van der Waals surface area contributed by atoms with Crippen molar-refractivity contribution in [1.29, 1.82) is 0 Å². The maximum Gasteiger partial charge on any atom is 0.170 e. The third kappa shape index (κ3) is 3.87. The van der Waals surface area contributed by atoms with Crippen LogP contribution in [0.2, 0.25) is 0 Å². The van der Waals surface area contributed by atoms with E-state index in [1.807, 2.05) is 18.3 Å². The van der Waals surface area contributed by atoms with Crippen LogP contribution >= 0.6 is 11.3 Å². The maximum absolute atomic E-state index is 13.1. The van der Waals surface area contributed by atoms with Gasteiger partial charge < -0.3 is 4.52 Å². The Balaban J connectivity index is 1.36. The number of thiophene rings is 1. The van der Waals surface area contributed by atoms with Crippen molar-refractivity contribution in [3.05, 3.63) is 63.7 Å². The number of nitrogens with zero attached hydrogens (tertiary/aromatic N) is 3. The van der Waals surface area contributed by atoms with Crippen LogP contribution in [0.5, 0.6) is 0 Å². The normalized spacial score (nSPS) is 16.2. The predicted octanol–water partition coefficient (Wildman–Crippen LogP) is 4.17. The second-order valence-electron chi connectivity index (χ2n) is 6.72. The SMILES string of the molecule is Cc1c(CN2CCN(Cc3cccs3)CC2)noc1-c1ccc(F)cc1. The van der Waals surface area contributed by atoms with Crippen molar-refractivity contribution in [2.24, 2.45) is 0 Å². The van der Waals surface area contributed by atoms with E-state index >= 15 is 0 Å². The highest BCUT2D eigenvalue weighted by molar-refractivity contribution is 7.09. The summed E-state index contributed by atoms with van der Waals surface area (Å²) in [4.78, 5) is 6.35. The molecule has 0 spiro atoms. The Morgan fingerprint density at radius 1 is 1.04 bits per heavy atom. The molecule has 6 heteroatoms. The zero-order valence-corrected chi connectivity index (χ0v) is 15.6. The minimum Gasteiger partial charge on any atom is -0.356 e. The molecule has 1 aromatic carbocycles. The van der Waals surface area contributed by atoms with Crippen LogP contribution in [0.15, 0.2) is 46.3 Å². The summed E-state index contributed by atoms with van der Waals surface area (Å²) < 4.78 is 18.7.